The van der Waals surface area contributed by atoms with Crippen LogP contribution in [0.15, 0.2) is 23.2 Å². The second-order valence-electron chi connectivity index (χ2n) is 7.44. The number of ether oxygens (including phenoxy) is 1. The molecule has 0 saturated heterocycles. The van der Waals surface area contributed by atoms with Gasteiger partial charge in [0.25, 0.3) is 0 Å². The summed E-state index contributed by atoms with van der Waals surface area (Å²) in [5.41, 5.74) is 1.65. The third kappa shape index (κ3) is 7.83. The smallest absolute Gasteiger partial charge is 0.191 e. The monoisotopic (exact) mass is 507 g/mol. The second-order valence-corrected chi connectivity index (χ2v) is 7.44. The number of nitrogens with one attached hydrogen (secondary N) is 2. The van der Waals surface area contributed by atoms with E-state index >= 15 is 0 Å². The van der Waals surface area contributed by atoms with Crippen LogP contribution in [0.2, 0.25) is 0 Å². The summed E-state index contributed by atoms with van der Waals surface area (Å²) in [5, 5.41) is 16.2. The van der Waals surface area contributed by atoms with Gasteiger partial charge in [0.2, 0.25) is 0 Å². The zero-order valence-electron chi connectivity index (χ0n) is 17.1. The molecule has 0 radical (unpaired) electrons. The topological polar surface area (TPSA) is 65.9 Å². The summed E-state index contributed by atoms with van der Waals surface area (Å²) in [6, 6.07) is 5.04. The Morgan fingerprint density at radius 2 is 2.00 bits per heavy atom. The lowest BCUT2D eigenvalue weighted by Gasteiger charge is -2.37. The van der Waals surface area contributed by atoms with Crippen LogP contribution in [0.25, 0.3) is 0 Å². The Balaban J connectivity index is 0.00000392. The first-order valence-electron chi connectivity index (χ1n) is 10.0. The average molecular weight is 507 g/mol. The molecule has 1 aromatic carbocycles. The van der Waals surface area contributed by atoms with Gasteiger partial charge in [0.05, 0.1) is 13.2 Å². The van der Waals surface area contributed by atoms with Crippen molar-refractivity contribution in [3.05, 3.63) is 35.1 Å². The van der Waals surface area contributed by atoms with Crippen LogP contribution in [0, 0.1) is 11.2 Å². The quantitative estimate of drug-likeness (QED) is 0.269. The normalized spacial score (nSPS) is 16.4. The molecule has 0 heterocycles. The molecule has 1 aromatic rings. The number of halogens is 2. The fourth-order valence-electron chi connectivity index (χ4n) is 3.83. The van der Waals surface area contributed by atoms with Gasteiger partial charge >= 0.3 is 0 Å². The van der Waals surface area contributed by atoms with Crippen molar-refractivity contribution in [3.8, 4) is 0 Å². The van der Waals surface area contributed by atoms with Gasteiger partial charge in [-0.15, -0.1) is 24.0 Å². The van der Waals surface area contributed by atoms with Crippen molar-refractivity contribution in [2.24, 2.45) is 10.4 Å². The largest absolute Gasteiger partial charge is 0.396 e. The first kappa shape index (κ1) is 25.1. The van der Waals surface area contributed by atoms with Crippen LogP contribution in [-0.4, -0.2) is 37.9 Å². The first-order valence-corrected chi connectivity index (χ1v) is 10.0. The predicted octanol–water partition coefficient (Wildman–Crippen LogP) is 3.98. The summed E-state index contributed by atoms with van der Waals surface area (Å²) in [6.07, 6.45) is 6.88. The number of nitrogens with zero attached hydrogens (tertiary/aromatic N) is 1. The van der Waals surface area contributed by atoms with Gasteiger partial charge in [-0.2, -0.15) is 0 Å². The van der Waals surface area contributed by atoms with Crippen molar-refractivity contribution in [3.63, 3.8) is 0 Å². The Labute approximate surface area is 185 Å². The van der Waals surface area contributed by atoms with E-state index in [-0.39, 0.29) is 48.4 Å². The van der Waals surface area contributed by atoms with Gasteiger partial charge in [-0.25, -0.2) is 9.38 Å². The lowest BCUT2D eigenvalue weighted by molar-refractivity contribution is 0.131. The number of benzene rings is 1. The molecule has 0 aliphatic heterocycles. The number of guanidine groups is 1. The number of rotatable bonds is 9. The molecule has 3 N–H and O–H groups in total. The van der Waals surface area contributed by atoms with Gasteiger partial charge in [0, 0.05) is 32.4 Å². The Morgan fingerprint density at radius 3 is 2.64 bits per heavy atom. The number of aliphatic hydroxyl groups excluding tert-OH is 1. The molecule has 0 atom stereocenters. The zero-order chi connectivity index (χ0) is 19.5. The average Bonchev–Trinajstić information content (AvgIpc) is 2.67. The number of hydrogen-bond acceptors (Lipinski definition) is 3. The lowest BCUT2D eigenvalue weighted by atomic mass is 9.72. The van der Waals surface area contributed by atoms with Gasteiger partial charge < -0.3 is 20.5 Å². The van der Waals surface area contributed by atoms with Crippen LogP contribution in [-0.2, 0) is 17.9 Å². The Bertz CT molecular complexity index is 602. The highest BCUT2D eigenvalue weighted by molar-refractivity contribution is 14.0. The number of hydrogen-bond donors (Lipinski definition) is 3. The van der Waals surface area contributed by atoms with Crippen molar-refractivity contribution in [2.75, 3.05) is 26.8 Å². The molecule has 1 fully saturated rings. The number of methoxy groups -OCH3 is 1. The maximum absolute atomic E-state index is 13.8. The molecule has 7 heteroatoms. The van der Waals surface area contributed by atoms with Gasteiger partial charge in [-0.1, -0.05) is 25.3 Å². The Kier molecular flexibility index (Phi) is 11.9. The molecule has 0 aromatic heterocycles. The lowest BCUT2D eigenvalue weighted by Crippen LogP contribution is -2.44. The van der Waals surface area contributed by atoms with Crippen molar-refractivity contribution < 1.29 is 14.2 Å². The number of aliphatic imine (C=N–C) groups is 1. The van der Waals surface area contributed by atoms with E-state index in [9.17, 15) is 9.50 Å². The third-order valence-corrected chi connectivity index (χ3v) is 5.36. The van der Waals surface area contributed by atoms with E-state index < -0.39 is 0 Å². The maximum atomic E-state index is 13.8. The Hall–Kier alpha value is -0.930. The van der Waals surface area contributed by atoms with E-state index in [2.05, 4.69) is 15.6 Å². The summed E-state index contributed by atoms with van der Waals surface area (Å²) in [5.74, 6) is 0.510. The van der Waals surface area contributed by atoms with E-state index in [4.69, 9.17) is 4.74 Å². The molecular weight excluding hydrogens is 472 g/mol. The zero-order valence-corrected chi connectivity index (χ0v) is 19.4. The summed E-state index contributed by atoms with van der Waals surface area (Å²) in [4.78, 5) is 4.66. The summed E-state index contributed by atoms with van der Waals surface area (Å²) >= 11 is 0. The highest BCUT2D eigenvalue weighted by atomic mass is 127. The molecule has 28 heavy (non-hydrogen) atoms. The van der Waals surface area contributed by atoms with Crippen LogP contribution in [0.4, 0.5) is 4.39 Å². The third-order valence-electron chi connectivity index (χ3n) is 5.36. The van der Waals surface area contributed by atoms with Crippen molar-refractivity contribution in [1.82, 2.24) is 10.6 Å². The minimum absolute atomic E-state index is 0. The van der Waals surface area contributed by atoms with E-state index in [0.717, 1.165) is 43.9 Å². The SMILES string of the molecule is CCNC(=NCc1ccc(F)c(COC)c1)NCC1(CCO)CCCCC1.I. The highest BCUT2D eigenvalue weighted by Crippen LogP contribution is 2.38. The standard InChI is InChI=1S/C21H34FN3O2.HI/c1-3-23-20(25-16-21(11-12-26)9-5-4-6-10-21)24-14-17-7-8-19(22)18(13-17)15-27-2;/h7-8,13,26H,3-6,9-12,14-16H2,1-2H3,(H2,23,24,25);1H. The molecule has 1 saturated carbocycles. The minimum Gasteiger partial charge on any atom is -0.396 e. The van der Waals surface area contributed by atoms with Gasteiger partial charge in [-0.3, -0.25) is 0 Å². The van der Waals surface area contributed by atoms with Gasteiger partial charge in [0.15, 0.2) is 5.96 Å². The van der Waals surface area contributed by atoms with Crippen LogP contribution < -0.4 is 10.6 Å². The molecule has 160 valence electrons. The fraction of sp³-hybridized carbons (Fsp3) is 0.667. The van der Waals surface area contributed by atoms with E-state index in [1.165, 1.54) is 25.3 Å². The molecule has 0 spiro atoms. The molecular formula is C21H35FIN3O2. The summed E-state index contributed by atoms with van der Waals surface area (Å²) < 4.78 is 18.8. The van der Waals surface area contributed by atoms with Gasteiger partial charge in [0.1, 0.15) is 5.82 Å². The molecule has 2 rings (SSSR count). The first-order chi connectivity index (χ1) is 13.1. The Morgan fingerprint density at radius 1 is 1.25 bits per heavy atom. The summed E-state index contributed by atoms with van der Waals surface area (Å²) in [7, 11) is 1.56. The van der Waals surface area contributed by atoms with Crippen molar-refractivity contribution in [2.45, 2.75) is 58.6 Å². The van der Waals surface area contributed by atoms with E-state index in [1.54, 1.807) is 19.2 Å². The predicted molar refractivity (Wildman–Crippen MR) is 123 cm³/mol. The van der Waals surface area contributed by atoms with Gasteiger partial charge in [-0.05, 0) is 49.3 Å². The second kappa shape index (κ2) is 13.3. The van der Waals surface area contributed by atoms with Crippen LogP contribution in [0.1, 0.15) is 56.6 Å². The molecule has 0 amide bonds. The van der Waals surface area contributed by atoms with Crippen LogP contribution in [0.5, 0.6) is 0 Å². The molecule has 0 bridgehead atoms. The molecule has 5 nitrogen and oxygen atoms in total. The highest BCUT2D eigenvalue weighted by Gasteiger charge is 2.31. The molecule has 0 unspecified atom stereocenters. The van der Waals surface area contributed by atoms with Crippen LogP contribution in [0.3, 0.4) is 0 Å². The summed E-state index contributed by atoms with van der Waals surface area (Å²) in [6.45, 7) is 4.59. The van der Waals surface area contributed by atoms with E-state index in [0.29, 0.717) is 12.1 Å². The maximum Gasteiger partial charge on any atom is 0.191 e. The molecule has 1 aliphatic carbocycles. The number of aliphatic hydroxyl groups is 1. The fourth-order valence-corrected chi connectivity index (χ4v) is 3.83. The minimum atomic E-state index is -0.252. The van der Waals surface area contributed by atoms with E-state index in [1.807, 2.05) is 6.92 Å². The molecule has 1 aliphatic rings. The van der Waals surface area contributed by atoms with Crippen LogP contribution >= 0.6 is 24.0 Å². The van der Waals surface area contributed by atoms with Crippen molar-refractivity contribution >= 4 is 29.9 Å². The van der Waals surface area contributed by atoms with Crippen molar-refractivity contribution in [1.29, 1.82) is 0 Å².